The lowest BCUT2D eigenvalue weighted by atomic mass is 9.99. The Morgan fingerprint density at radius 1 is 1.60 bits per heavy atom. The van der Waals surface area contributed by atoms with Gasteiger partial charge in [-0.3, -0.25) is 4.79 Å². The third kappa shape index (κ3) is 3.67. The second-order valence-corrected chi connectivity index (χ2v) is 4.47. The van der Waals surface area contributed by atoms with E-state index in [4.69, 9.17) is 5.73 Å². The lowest BCUT2D eigenvalue weighted by Gasteiger charge is -2.22. The molecule has 1 aliphatic rings. The van der Waals surface area contributed by atoms with Crippen molar-refractivity contribution in [2.24, 2.45) is 11.7 Å². The molecule has 0 bridgehead atoms. The van der Waals surface area contributed by atoms with Crippen molar-refractivity contribution in [1.82, 2.24) is 5.32 Å². The van der Waals surface area contributed by atoms with Crippen LogP contribution in [0.4, 0.5) is 0 Å². The van der Waals surface area contributed by atoms with E-state index in [9.17, 15) is 4.79 Å². The molecule has 0 aliphatic heterocycles. The summed E-state index contributed by atoms with van der Waals surface area (Å²) in [4.78, 5) is 11.6. The molecule has 1 aliphatic carbocycles. The minimum atomic E-state index is -0.439. The zero-order chi connectivity index (χ0) is 11.3. The number of hydrogen-bond donors (Lipinski definition) is 2. The molecular formula is C12H22N2O. The van der Waals surface area contributed by atoms with Gasteiger partial charge in [0.2, 0.25) is 5.91 Å². The Morgan fingerprint density at radius 3 is 2.73 bits per heavy atom. The summed E-state index contributed by atoms with van der Waals surface area (Å²) in [6.45, 7) is 5.66. The van der Waals surface area contributed by atoms with Crippen LogP contribution >= 0.6 is 0 Å². The standard InChI is InChI=1S/C12H22N2O/c1-3-6-11(13)12(15)14-9(2)10-7-4-5-8-10/h3,9-11H,1,4-8,13H2,2H3,(H,14,15)/t9-,11?/m0/s1. The fourth-order valence-corrected chi connectivity index (χ4v) is 2.19. The average molecular weight is 210 g/mol. The highest BCUT2D eigenvalue weighted by molar-refractivity contribution is 5.81. The maximum Gasteiger partial charge on any atom is 0.237 e. The van der Waals surface area contributed by atoms with Gasteiger partial charge in [0.25, 0.3) is 0 Å². The van der Waals surface area contributed by atoms with Crippen LogP contribution in [0.25, 0.3) is 0 Å². The number of amides is 1. The topological polar surface area (TPSA) is 55.1 Å². The van der Waals surface area contributed by atoms with E-state index >= 15 is 0 Å². The third-order valence-corrected chi connectivity index (χ3v) is 3.23. The molecule has 0 aromatic carbocycles. The molecule has 0 aromatic rings. The number of rotatable bonds is 5. The first-order valence-electron chi connectivity index (χ1n) is 5.82. The Bertz CT molecular complexity index is 222. The quantitative estimate of drug-likeness (QED) is 0.677. The Hall–Kier alpha value is -0.830. The highest BCUT2D eigenvalue weighted by Gasteiger charge is 2.24. The molecule has 2 atom stereocenters. The monoisotopic (exact) mass is 210 g/mol. The van der Waals surface area contributed by atoms with E-state index in [1.54, 1.807) is 6.08 Å². The third-order valence-electron chi connectivity index (χ3n) is 3.23. The zero-order valence-corrected chi connectivity index (χ0v) is 9.54. The van der Waals surface area contributed by atoms with E-state index in [0.717, 1.165) is 0 Å². The van der Waals surface area contributed by atoms with E-state index in [1.165, 1.54) is 25.7 Å². The van der Waals surface area contributed by atoms with Crippen molar-refractivity contribution in [2.75, 3.05) is 0 Å². The molecule has 0 radical (unpaired) electrons. The molecule has 3 N–H and O–H groups in total. The summed E-state index contributed by atoms with van der Waals surface area (Å²) in [5.41, 5.74) is 5.69. The first-order chi connectivity index (χ1) is 7.15. The summed E-state index contributed by atoms with van der Waals surface area (Å²) in [6, 6.07) is -0.179. The molecule has 3 nitrogen and oxygen atoms in total. The molecule has 0 saturated heterocycles. The van der Waals surface area contributed by atoms with Gasteiger partial charge in [-0.2, -0.15) is 0 Å². The number of nitrogens with one attached hydrogen (secondary N) is 1. The first-order valence-corrected chi connectivity index (χ1v) is 5.82. The smallest absolute Gasteiger partial charge is 0.237 e. The molecule has 1 fully saturated rings. The van der Waals surface area contributed by atoms with E-state index in [0.29, 0.717) is 12.3 Å². The lowest BCUT2D eigenvalue weighted by molar-refractivity contribution is -0.123. The number of nitrogens with two attached hydrogens (primary N) is 1. The summed E-state index contributed by atoms with van der Waals surface area (Å²) in [5.74, 6) is 0.596. The number of hydrogen-bond acceptors (Lipinski definition) is 2. The Balaban J connectivity index is 2.32. The SMILES string of the molecule is C=CCC(N)C(=O)N[C@@H](C)C1CCCC1. The molecule has 1 saturated carbocycles. The van der Waals surface area contributed by atoms with Gasteiger partial charge in [-0.25, -0.2) is 0 Å². The molecule has 15 heavy (non-hydrogen) atoms. The van der Waals surface area contributed by atoms with Crippen molar-refractivity contribution in [3.63, 3.8) is 0 Å². The minimum Gasteiger partial charge on any atom is -0.352 e. The molecule has 1 rings (SSSR count). The largest absolute Gasteiger partial charge is 0.352 e. The second-order valence-electron chi connectivity index (χ2n) is 4.47. The van der Waals surface area contributed by atoms with Gasteiger partial charge in [0.05, 0.1) is 6.04 Å². The van der Waals surface area contributed by atoms with Crippen molar-refractivity contribution >= 4 is 5.91 Å². The summed E-state index contributed by atoms with van der Waals surface area (Å²) in [6.07, 6.45) is 7.29. The normalized spacial score (nSPS) is 20.9. The molecule has 0 heterocycles. The number of carbonyl (C=O) groups is 1. The van der Waals surface area contributed by atoms with E-state index < -0.39 is 6.04 Å². The van der Waals surface area contributed by atoms with Crippen LogP contribution in [0, 0.1) is 5.92 Å². The van der Waals surface area contributed by atoms with Gasteiger partial charge < -0.3 is 11.1 Å². The van der Waals surface area contributed by atoms with Crippen LogP contribution in [0.5, 0.6) is 0 Å². The zero-order valence-electron chi connectivity index (χ0n) is 9.54. The maximum atomic E-state index is 11.6. The van der Waals surface area contributed by atoms with Gasteiger partial charge in [0.15, 0.2) is 0 Å². The molecule has 0 aromatic heterocycles. The summed E-state index contributed by atoms with van der Waals surface area (Å²) in [5, 5.41) is 2.99. The first kappa shape index (κ1) is 12.2. The van der Waals surface area contributed by atoms with Gasteiger partial charge in [-0.1, -0.05) is 18.9 Å². The van der Waals surface area contributed by atoms with Crippen molar-refractivity contribution in [1.29, 1.82) is 0 Å². The minimum absolute atomic E-state index is 0.0469. The maximum absolute atomic E-state index is 11.6. The highest BCUT2D eigenvalue weighted by Crippen LogP contribution is 2.27. The van der Waals surface area contributed by atoms with Crippen LogP contribution in [0.2, 0.25) is 0 Å². The van der Waals surface area contributed by atoms with Crippen molar-refractivity contribution < 1.29 is 4.79 Å². The van der Waals surface area contributed by atoms with Crippen LogP contribution < -0.4 is 11.1 Å². The van der Waals surface area contributed by atoms with Crippen molar-refractivity contribution in [3.05, 3.63) is 12.7 Å². The predicted octanol–water partition coefficient (Wildman–Crippen LogP) is 1.58. The van der Waals surface area contributed by atoms with E-state index in [2.05, 4.69) is 18.8 Å². The van der Waals surface area contributed by atoms with Crippen LogP contribution in [-0.4, -0.2) is 18.0 Å². The molecule has 1 amide bonds. The molecule has 86 valence electrons. The Labute approximate surface area is 92.1 Å². The van der Waals surface area contributed by atoms with Gasteiger partial charge in [0.1, 0.15) is 0 Å². The van der Waals surface area contributed by atoms with E-state index in [-0.39, 0.29) is 11.9 Å². The van der Waals surface area contributed by atoms with Crippen LogP contribution in [-0.2, 0) is 4.79 Å². The number of carbonyl (C=O) groups excluding carboxylic acids is 1. The van der Waals surface area contributed by atoms with Gasteiger partial charge >= 0.3 is 0 Å². The highest BCUT2D eigenvalue weighted by atomic mass is 16.2. The second kappa shape index (κ2) is 5.91. The molecular weight excluding hydrogens is 188 g/mol. The van der Waals surface area contributed by atoms with Crippen LogP contribution in [0.1, 0.15) is 39.0 Å². The Morgan fingerprint density at radius 2 is 2.20 bits per heavy atom. The van der Waals surface area contributed by atoms with Crippen LogP contribution in [0.15, 0.2) is 12.7 Å². The van der Waals surface area contributed by atoms with Crippen molar-refractivity contribution in [2.45, 2.75) is 51.1 Å². The summed E-state index contributed by atoms with van der Waals surface area (Å²) < 4.78 is 0. The van der Waals surface area contributed by atoms with E-state index in [1.807, 2.05) is 0 Å². The lowest BCUT2D eigenvalue weighted by Crippen LogP contribution is -2.46. The van der Waals surface area contributed by atoms with Crippen LogP contribution in [0.3, 0.4) is 0 Å². The van der Waals surface area contributed by atoms with Crippen molar-refractivity contribution in [3.8, 4) is 0 Å². The summed E-state index contributed by atoms with van der Waals surface area (Å²) in [7, 11) is 0. The van der Waals surface area contributed by atoms with Gasteiger partial charge in [-0.15, -0.1) is 6.58 Å². The Kier molecular flexibility index (Phi) is 4.82. The molecule has 3 heteroatoms. The molecule has 1 unspecified atom stereocenters. The van der Waals surface area contributed by atoms with Gasteiger partial charge in [0, 0.05) is 6.04 Å². The summed E-state index contributed by atoms with van der Waals surface area (Å²) >= 11 is 0. The fourth-order valence-electron chi connectivity index (χ4n) is 2.19. The van der Waals surface area contributed by atoms with Gasteiger partial charge in [-0.05, 0) is 32.1 Å². The predicted molar refractivity (Wildman–Crippen MR) is 62.4 cm³/mol. The average Bonchev–Trinajstić information content (AvgIpc) is 2.70. The molecule has 0 spiro atoms. The fraction of sp³-hybridized carbons (Fsp3) is 0.750.